The number of aromatic nitrogens is 4. The molecular formula is C32H49N5O4Si2. The number of hydrogen-bond acceptors (Lipinski definition) is 8. The van der Waals surface area contributed by atoms with E-state index in [-0.39, 0.29) is 34.3 Å². The van der Waals surface area contributed by atoms with Crippen LogP contribution in [0.15, 0.2) is 49.1 Å². The zero-order valence-electron chi connectivity index (χ0n) is 27.4. The van der Waals surface area contributed by atoms with Crippen LogP contribution in [0.2, 0.25) is 36.3 Å². The predicted octanol–water partition coefficient (Wildman–Crippen LogP) is 7.01. The predicted molar refractivity (Wildman–Crippen MR) is 177 cm³/mol. The molecule has 11 heteroatoms. The van der Waals surface area contributed by atoms with E-state index in [2.05, 4.69) is 82.7 Å². The van der Waals surface area contributed by atoms with Gasteiger partial charge in [0.1, 0.15) is 11.8 Å². The molecule has 43 heavy (non-hydrogen) atoms. The zero-order chi connectivity index (χ0) is 31.8. The highest BCUT2D eigenvalue weighted by Crippen LogP contribution is 2.46. The SMILES string of the molecule is CC(C)(C)[Si](C)(C)OC[C@H]1O[C@@H](n2cnc3c(N)ncnc32)[C@H](O[Si](C)(C)C(C)(C)C)[C@@H]1CC(=O)/C=C/c1ccccc1. The van der Waals surface area contributed by atoms with Crippen LogP contribution in [0.3, 0.4) is 0 Å². The van der Waals surface area contributed by atoms with E-state index in [9.17, 15) is 4.79 Å². The number of imidazole rings is 1. The van der Waals surface area contributed by atoms with Gasteiger partial charge >= 0.3 is 0 Å². The summed E-state index contributed by atoms with van der Waals surface area (Å²) in [6.07, 6.45) is 5.53. The Hall–Kier alpha value is -2.71. The lowest BCUT2D eigenvalue weighted by Crippen LogP contribution is -2.48. The smallest absolute Gasteiger partial charge is 0.192 e. The standard InChI is InChI=1S/C32H49N5O4Si2/c1-31(2,3)42(7,8)39-19-25-24(18-23(38)17-16-22-14-12-11-13-15-22)27(41-43(9,10)32(4,5)6)30(40-25)37-21-36-26-28(33)34-20-35-29(26)37/h11-17,20-21,24-25,27,30H,18-19H2,1-10H3,(H2,33,34,35)/b17-16+/t24-,25-,27-,30-/m1/s1. The molecular weight excluding hydrogens is 575 g/mol. The number of rotatable bonds is 10. The first-order valence-electron chi connectivity index (χ1n) is 15.1. The second kappa shape index (κ2) is 12.4. The summed E-state index contributed by atoms with van der Waals surface area (Å²) in [6.45, 7) is 22.6. The fourth-order valence-corrected chi connectivity index (χ4v) is 7.03. The van der Waals surface area contributed by atoms with Gasteiger partial charge in [-0.15, -0.1) is 0 Å². The Morgan fingerprint density at radius 2 is 1.65 bits per heavy atom. The van der Waals surface area contributed by atoms with E-state index < -0.39 is 29.0 Å². The average Bonchev–Trinajstić information content (AvgIpc) is 3.48. The van der Waals surface area contributed by atoms with Gasteiger partial charge < -0.3 is 19.3 Å². The number of hydrogen-bond donors (Lipinski definition) is 1. The van der Waals surface area contributed by atoms with Crippen LogP contribution < -0.4 is 5.73 Å². The van der Waals surface area contributed by atoms with Crippen LogP contribution in [0.4, 0.5) is 5.82 Å². The summed E-state index contributed by atoms with van der Waals surface area (Å²) < 4.78 is 22.6. The van der Waals surface area contributed by atoms with Crippen molar-refractivity contribution in [2.24, 2.45) is 5.92 Å². The van der Waals surface area contributed by atoms with Gasteiger partial charge in [0.2, 0.25) is 0 Å². The van der Waals surface area contributed by atoms with Crippen molar-refractivity contribution in [2.45, 2.75) is 103 Å². The maximum Gasteiger partial charge on any atom is 0.192 e. The molecule has 1 aliphatic rings. The van der Waals surface area contributed by atoms with Gasteiger partial charge in [-0.3, -0.25) is 9.36 Å². The van der Waals surface area contributed by atoms with Crippen molar-refractivity contribution < 1.29 is 18.4 Å². The van der Waals surface area contributed by atoms with Crippen molar-refractivity contribution in [3.8, 4) is 0 Å². The molecule has 2 N–H and O–H groups in total. The molecule has 0 aliphatic carbocycles. The molecule has 0 unspecified atom stereocenters. The number of ketones is 1. The topological polar surface area (TPSA) is 114 Å². The van der Waals surface area contributed by atoms with Crippen molar-refractivity contribution in [3.05, 3.63) is 54.6 Å². The van der Waals surface area contributed by atoms with Gasteiger partial charge in [0.05, 0.1) is 25.1 Å². The Bertz CT molecular complexity index is 1440. The number of carbonyl (C=O) groups is 1. The largest absolute Gasteiger partial charge is 0.414 e. The van der Waals surface area contributed by atoms with E-state index in [1.165, 1.54) is 6.33 Å². The van der Waals surface area contributed by atoms with Gasteiger partial charge in [-0.2, -0.15) is 0 Å². The number of nitrogen functional groups attached to an aromatic ring is 1. The van der Waals surface area contributed by atoms with Gasteiger partial charge in [0.15, 0.2) is 40.1 Å². The first-order chi connectivity index (χ1) is 19.9. The molecule has 0 amide bonds. The third-order valence-electron chi connectivity index (χ3n) is 9.51. The number of nitrogens with zero attached hydrogens (tertiary/aromatic N) is 4. The summed E-state index contributed by atoms with van der Waals surface area (Å²) >= 11 is 0. The average molecular weight is 624 g/mol. The van der Waals surface area contributed by atoms with Crippen LogP contribution in [0.5, 0.6) is 0 Å². The third kappa shape index (κ3) is 7.34. The summed E-state index contributed by atoms with van der Waals surface area (Å²) in [7, 11) is -4.43. The quantitative estimate of drug-likeness (QED) is 0.190. The summed E-state index contributed by atoms with van der Waals surface area (Å²) in [5, 5.41) is -0.0283. The van der Waals surface area contributed by atoms with Crippen LogP contribution >= 0.6 is 0 Å². The van der Waals surface area contributed by atoms with Crippen molar-refractivity contribution in [2.75, 3.05) is 12.3 Å². The Labute approximate surface area is 258 Å². The van der Waals surface area contributed by atoms with Crippen molar-refractivity contribution in [1.82, 2.24) is 19.5 Å². The molecule has 4 atom stereocenters. The molecule has 1 fully saturated rings. The number of ether oxygens (including phenoxy) is 1. The fourth-order valence-electron chi connectivity index (χ4n) is 4.69. The first-order valence-corrected chi connectivity index (χ1v) is 20.9. The van der Waals surface area contributed by atoms with Crippen LogP contribution in [-0.2, 0) is 18.4 Å². The lowest BCUT2D eigenvalue weighted by atomic mass is 9.92. The number of carbonyl (C=O) groups excluding carboxylic acids is 1. The summed E-state index contributed by atoms with van der Waals surface area (Å²) in [4.78, 5) is 26.7. The number of allylic oxidation sites excluding steroid dienone is 1. The van der Waals surface area contributed by atoms with Gasteiger partial charge in [0, 0.05) is 12.3 Å². The van der Waals surface area contributed by atoms with E-state index in [1.807, 2.05) is 41.0 Å². The van der Waals surface area contributed by atoms with Gasteiger partial charge in [0.25, 0.3) is 0 Å². The van der Waals surface area contributed by atoms with E-state index in [4.69, 9.17) is 19.3 Å². The molecule has 234 valence electrons. The van der Waals surface area contributed by atoms with Crippen LogP contribution in [0.1, 0.15) is 59.8 Å². The Balaban J connectivity index is 1.75. The summed E-state index contributed by atoms with van der Waals surface area (Å²) in [5.74, 6) is 0.0639. The summed E-state index contributed by atoms with van der Waals surface area (Å²) in [6, 6.07) is 9.85. The molecule has 9 nitrogen and oxygen atoms in total. The van der Waals surface area contributed by atoms with Crippen molar-refractivity contribution in [3.63, 3.8) is 0 Å². The monoisotopic (exact) mass is 623 g/mol. The highest BCUT2D eigenvalue weighted by molar-refractivity contribution is 6.74. The fraction of sp³-hybridized carbons (Fsp3) is 0.562. The lowest BCUT2D eigenvalue weighted by molar-refractivity contribution is -0.116. The molecule has 4 rings (SSSR count). The number of benzene rings is 1. The Morgan fingerprint density at radius 1 is 1.00 bits per heavy atom. The molecule has 2 aromatic heterocycles. The number of fused-ring (bicyclic) bond motifs is 1. The van der Waals surface area contributed by atoms with E-state index in [0.29, 0.717) is 23.6 Å². The number of anilines is 1. The van der Waals surface area contributed by atoms with Crippen LogP contribution in [-0.4, -0.2) is 60.8 Å². The molecule has 1 aromatic carbocycles. The van der Waals surface area contributed by atoms with E-state index >= 15 is 0 Å². The van der Waals surface area contributed by atoms with Gasteiger partial charge in [-0.25, -0.2) is 15.0 Å². The van der Waals surface area contributed by atoms with Crippen molar-refractivity contribution >= 4 is 45.5 Å². The van der Waals surface area contributed by atoms with Crippen LogP contribution in [0, 0.1) is 5.92 Å². The number of nitrogens with two attached hydrogens (primary N) is 1. The normalized spacial score (nSPS) is 22.1. The minimum absolute atomic E-state index is 0.0151. The second-order valence-electron chi connectivity index (χ2n) is 14.6. The zero-order valence-corrected chi connectivity index (χ0v) is 29.4. The van der Waals surface area contributed by atoms with E-state index in [1.54, 1.807) is 12.4 Å². The van der Waals surface area contributed by atoms with Gasteiger partial charge in [-0.1, -0.05) is 78.0 Å². The van der Waals surface area contributed by atoms with Crippen LogP contribution in [0.25, 0.3) is 17.2 Å². The first kappa shape index (κ1) is 33.2. The highest BCUT2D eigenvalue weighted by Gasteiger charge is 2.52. The molecule has 1 aliphatic heterocycles. The highest BCUT2D eigenvalue weighted by atomic mass is 28.4. The third-order valence-corrected chi connectivity index (χ3v) is 18.5. The molecule has 3 heterocycles. The summed E-state index contributed by atoms with van der Waals surface area (Å²) in [5.41, 5.74) is 8.20. The lowest BCUT2D eigenvalue weighted by Gasteiger charge is -2.41. The Kier molecular flexibility index (Phi) is 9.54. The molecule has 0 bridgehead atoms. The Morgan fingerprint density at radius 3 is 2.28 bits per heavy atom. The maximum absolute atomic E-state index is 13.6. The molecule has 0 saturated carbocycles. The second-order valence-corrected chi connectivity index (χ2v) is 24.2. The van der Waals surface area contributed by atoms with Crippen molar-refractivity contribution in [1.29, 1.82) is 0 Å². The minimum Gasteiger partial charge on any atom is -0.414 e. The molecule has 0 spiro atoms. The molecule has 0 radical (unpaired) electrons. The molecule has 1 saturated heterocycles. The van der Waals surface area contributed by atoms with Gasteiger partial charge in [-0.05, 0) is 47.9 Å². The van der Waals surface area contributed by atoms with E-state index in [0.717, 1.165) is 5.56 Å². The maximum atomic E-state index is 13.6. The molecule has 3 aromatic rings. The minimum atomic E-state index is -2.32.